The summed E-state index contributed by atoms with van der Waals surface area (Å²) in [6.07, 6.45) is 1.96. The first kappa shape index (κ1) is 15.6. The third-order valence-electron chi connectivity index (χ3n) is 3.93. The number of nitrogens with two attached hydrogens (primary N) is 1. The molecule has 0 saturated carbocycles. The predicted molar refractivity (Wildman–Crippen MR) is 88.8 cm³/mol. The standard InChI is InChI=1S/C19H25NO/c1-14(2)16-7-4-15(5-8-16)6-13-19(20)17-9-11-18(21-3)12-10-17/h4-5,7-12,14,19H,6,13,20H2,1-3H3. The van der Waals surface area contributed by atoms with Crippen molar-refractivity contribution in [2.24, 2.45) is 5.73 Å². The van der Waals surface area contributed by atoms with Crippen molar-refractivity contribution in [1.29, 1.82) is 0 Å². The van der Waals surface area contributed by atoms with E-state index < -0.39 is 0 Å². The third kappa shape index (κ3) is 4.33. The Morgan fingerprint density at radius 2 is 1.48 bits per heavy atom. The Balaban J connectivity index is 1.92. The van der Waals surface area contributed by atoms with Gasteiger partial charge in [0.1, 0.15) is 5.75 Å². The Kier molecular flexibility index (Phi) is 5.40. The van der Waals surface area contributed by atoms with Crippen LogP contribution in [0, 0.1) is 0 Å². The minimum atomic E-state index is 0.0701. The van der Waals surface area contributed by atoms with Gasteiger partial charge in [-0.05, 0) is 47.6 Å². The fourth-order valence-corrected chi connectivity index (χ4v) is 2.41. The summed E-state index contributed by atoms with van der Waals surface area (Å²) in [6.45, 7) is 4.43. The van der Waals surface area contributed by atoms with E-state index in [1.54, 1.807) is 7.11 Å². The van der Waals surface area contributed by atoms with Gasteiger partial charge in [0, 0.05) is 6.04 Å². The topological polar surface area (TPSA) is 35.2 Å². The molecule has 21 heavy (non-hydrogen) atoms. The van der Waals surface area contributed by atoms with Gasteiger partial charge in [-0.1, -0.05) is 50.2 Å². The highest BCUT2D eigenvalue weighted by Gasteiger charge is 2.07. The highest BCUT2D eigenvalue weighted by atomic mass is 16.5. The normalized spacial score (nSPS) is 12.4. The number of methoxy groups -OCH3 is 1. The molecule has 0 heterocycles. The van der Waals surface area contributed by atoms with E-state index in [1.165, 1.54) is 11.1 Å². The zero-order valence-corrected chi connectivity index (χ0v) is 13.2. The van der Waals surface area contributed by atoms with Crippen molar-refractivity contribution in [2.45, 2.75) is 38.6 Å². The first-order chi connectivity index (χ1) is 10.1. The molecule has 0 aromatic heterocycles. The van der Waals surface area contributed by atoms with E-state index >= 15 is 0 Å². The van der Waals surface area contributed by atoms with Crippen LogP contribution < -0.4 is 10.5 Å². The van der Waals surface area contributed by atoms with Crippen LogP contribution in [0.15, 0.2) is 48.5 Å². The molecule has 2 nitrogen and oxygen atoms in total. The monoisotopic (exact) mass is 283 g/mol. The summed E-state index contributed by atoms with van der Waals surface area (Å²) in [6, 6.07) is 17.0. The second-order valence-corrected chi connectivity index (χ2v) is 5.81. The second kappa shape index (κ2) is 7.28. The molecule has 1 unspecified atom stereocenters. The summed E-state index contributed by atoms with van der Waals surface area (Å²) in [4.78, 5) is 0. The molecule has 2 heteroatoms. The Labute approximate surface area is 127 Å². The molecule has 0 aliphatic heterocycles. The van der Waals surface area contributed by atoms with Gasteiger partial charge in [0.15, 0.2) is 0 Å². The Morgan fingerprint density at radius 1 is 0.905 bits per heavy atom. The molecule has 0 saturated heterocycles. The van der Waals surface area contributed by atoms with Gasteiger partial charge in [-0.25, -0.2) is 0 Å². The minimum Gasteiger partial charge on any atom is -0.497 e. The van der Waals surface area contributed by atoms with Gasteiger partial charge < -0.3 is 10.5 Å². The summed E-state index contributed by atoms with van der Waals surface area (Å²) in [7, 11) is 1.68. The van der Waals surface area contributed by atoms with Crippen molar-refractivity contribution in [1.82, 2.24) is 0 Å². The minimum absolute atomic E-state index is 0.0701. The summed E-state index contributed by atoms with van der Waals surface area (Å²) in [5, 5.41) is 0. The SMILES string of the molecule is COc1ccc(C(N)CCc2ccc(C(C)C)cc2)cc1. The average Bonchev–Trinajstić information content (AvgIpc) is 2.53. The van der Waals surface area contributed by atoms with Crippen LogP contribution in [0.25, 0.3) is 0 Å². The molecule has 0 aliphatic carbocycles. The van der Waals surface area contributed by atoms with Gasteiger partial charge in [-0.15, -0.1) is 0 Å². The average molecular weight is 283 g/mol. The van der Waals surface area contributed by atoms with E-state index in [4.69, 9.17) is 10.5 Å². The van der Waals surface area contributed by atoms with Crippen LogP contribution >= 0.6 is 0 Å². The fraction of sp³-hybridized carbons (Fsp3) is 0.368. The number of rotatable bonds is 6. The highest BCUT2D eigenvalue weighted by Crippen LogP contribution is 2.21. The summed E-state index contributed by atoms with van der Waals surface area (Å²) >= 11 is 0. The lowest BCUT2D eigenvalue weighted by Gasteiger charge is -2.13. The molecule has 1 atom stereocenters. The molecule has 0 spiro atoms. The van der Waals surface area contributed by atoms with E-state index in [-0.39, 0.29) is 6.04 Å². The van der Waals surface area contributed by atoms with Crippen molar-refractivity contribution in [2.75, 3.05) is 7.11 Å². The second-order valence-electron chi connectivity index (χ2n) is 5.81. The lowest BCUT2D eigenvalue weighted by molar-refractivity contribution is 0.414. The fourth-order valence-electron chi connectivity index (χ4n) is 2.41. The van der Waals surface area contributed by atoms with Crippen LogP contribution in [0.2, 0.25) is 0 Å². The van der Waals surface area contributed by atoms with E-state index in [9.17, 15) is 0 Å². The molecule has 0 fully saturated rings. The van der Waals surface area contributed by atoms with Gasteiger partial charge in [0.05, 0.1) is 7.11 Å². The third-order valence-corrected chi connectivity index (χ3v) is 3.93. The molecule has 0 bridgehead atoms. The largest absolute Gasteiger partial charge is 0.497 e. The molecular weight excluding hydrogens is 258 g/mol. The Bertz CT molecular complexity index is 543. The number of aryl methyl sites for hydroxylation is 1. The van der Waals surface area contributed by atoms with Crippen molar-refractivity contribution in [3.05, 3.63) is 65.2 Å². The predicted octanol–water partition coefficient (Wildman–Crippen LogP) is 4.45. The van der Waals surface area contributed by atoms with Crippen LogP contribution in [0.4, 0.5) is 0 Å². The van der Waals surface area contributed by atoms with Gasteiger partial charge in [0.2, 0.25) is 0 Å². The molecule has 2 aromatic rings. The van der Waals surface area contributed by atoms with Gasteiger partial charge >= 0.3 is 0 Å². The van der Waals surface area contributed by atoms with Gasteiger partial charge in [-0.3, -0.25) is 0 Å². The number of ether oxygens (including phenoxy) is 1. The van der Waals surface area contributed by atoms with E-state index in [2.05, 4.69) is 38.1 Å². The Morgan fingerprint density at radius 3 is 2.00 bits per heavy atom. The number of hydrogen-bond donors (Lipinski definition) is 1. The molecule has 2 aromatic carbocycles. The van der Waals surface area contributed by atoms with E-state index in [0.717, 1.165) is 24.2 Å². The molecule has 0 amide bonds. The van der Waals surface area contributed by atoms with Crippen molar-refractivity contribution in [3.63, 3.8) is 0 Å². The van der Waals surface area contributed by atoms with Crippen molar-refractivity contribution < 1.29 is 4.74 Å². The maximum absolute atomic E-state index is 6.27. The van der Waals surface area contributed by atoms with Gasteiger partial charge in [0.25, 0.3) is 0 Å². The molecule has 2 rings (SSSR count). The van der Waals surface area contributed by atoms with Crippen LogP contribution in [0.5, 0.6) is 5.75 Å². The molecular formula is C19H25NO. The summed E-state index contributed by atoms with van der Waals surface area (Å²) < 4.78 is 5.17. The number of benzene rings is 2. The van der Waals surface area contributed by atoms with E-state index in [1.807, 2.05) is 24.3 Å². The van der Waals surface area contributed by atoms with Gasteiger partial charge in [-0.2, -0.15) is 0 Å². The smallest absolute Gasteiger partial charge is 0.118 e. The van der Waals surface area contributed by atoms with Crippen molar-refractivity contribution >= 4 is 0 Å². The van der Waals surface area contributed by atoms with Crippen LogP contribution in [-0.2, 0) is 6.42 Å². The lowest BCUT2D eigenvalue weighted by Crippen LogP contribution is -2.11. The van der Waals surface area contributed by atoms with Crippen LogP contribution in [0.3, 0.4) is 0 Å². The quantitative estimate of drug-likeness (QED) is 0.850. The zero-order chi connectivity index (χ0) is 15.2. The molecule has 0 aliphatic rings. The van der Waals surface area contributed by atoms with Crippen molar-refractivity contribution in [3.8, 4) is 5.75 Å². The Hall–Kier alpha value is -1.80. The molecule has 0 radical (unpaired) electrons. The van der Waals surface area contributed by atoms with Crippen LogP contribution in [0.1, 0.15) is 48.9 Å². The zero-order valence-electron chi connectivity index (χ0n) is 13.2. The lowest BCUT2D eigenvalue weighted by atomic mass is 9.97. The highest BCUT2D eigenvalue weighted by molar-refractivity contribution is 5.29. The maximum Gasteiger partial charge on any atom is 0.118 e. The first-order valence-electron chi connectivity index (χ1n) is 7.58. The summed E-state index contributed by atoms with van der Waals surface area (Å²) in [5.74, 6) is 1.45. The van der Waals surface area contributed by atoms with E-state index in [0.29, 0.717) is 5.92 Å². The number of hydrogen-bond acceptors (Lipinski definition) is 2. The molecule has 112 valence electrons. The summed E-state index contributed by atoms with van der Waals surface area (Å²) in [5.41, 5.74) is 10.2. The van der Waals surface area contributed by atoms with Crippen LogP contribution in [-0.4, -0.2) is 7.11 Å². The maximum atomic E-state index is 6.27. The molecule has 2 N–H and O–H groups in total. The first-order valence-corrected chi connectivity index (χ1v) is 7.58.